The Kier molecular flexibility index (Phi) is 5.30. The number of carboxylic acid groups (broad SMARTS) is 1. The Balaban J connectivity index is 2.07. The number of carboxylic acids is 1. The lowest BCUT2D eigenvalue weighted by atomic mass is 9.76. The lowest BCUT2D eigenvalue weighted by Crippen LogP contribution is -2.22. The van der Waals surface area contributed by atoms with E-state index in [4.69, 9.17) is 0 Å². The normalized spacial score (nSPS) is 15.8. The van der Waals surface area contributed by atoms with E-state index < -0.39 is 5.97 Å². The minimum absolute atomic E-state index is 0.182. The Labute approximate surface area is 154 Å². The highest BCUT2D eigenvalue weighted by Crippen LogP contribution is 2.45. The quantitative estimate of drug-likeness (QED) is 0.732. The molecule has 1 aromatic heterocycles. The minimum Gasteiger partial charge on any atom is -0.478 e. The molecule has 4 heteroatoms. The Morgan fingerprint density at radius 2 is 2.08 bits per heavy atom. The van der Waals surface area contributed by atoms with E-state index in [2.05, 4.69) is 37.4 Å². The van der Waals surface area contributed by atoms with E-state index in [0.29, 0.717) is 5.56 Å². The fourth-order valence-electron chi connectivity index (χ4n) is 3.75. The Morgan fingerprint density at radius 3 is 2.80 bits per heavy atom. The van der Waals surface area contributed by atoms with Gasteiger partial charge in [0.2, 0.25) is 0 Å². The first kappa shape index (κ1) is 18.2. The molecule has 0 radical (unpaired) electrons. The van der Waals surface area contributed by atoms with E-state index in [1.54, 1.807) is 11.3 Å². The monoisotopic (exact) mass is 357 g/mol. The first-order valence-corrected chi connectivity index (χ1v) is 9.85. The summed E-state index contributed by atoms with van der Waals surface area (Å²) in [5.74, 6) is -0.782. The van der Waals surface area contributed by atoms with Crippen molar-refractivity contribution in [3.05, 3.63) is 45.8 Å². The summed E-state index contributed by atoms with van der Waals surface area (Å²) in [4.78, 5) is 14.3. The first-order valence-electron chi connectivity index (χ1n) is 9.03. The molecule has 25 heavy (non-hydrogen) atoms. The average molecular weight is 358 g/mol. The molecule has 3 rings (SSSR count). The van der Waals surface area contributed by atoms with Gasteiger partial charge in [-0.2, -0.15) is 0 Å². The molecular formula is C21H27NO2S. The van der Waals surface area contributed by atoms with Gasteiger partial charge in [-0.25, -0.2) is 4.79 Å². The van der Waals surface area contributed by atoms with Crippen LogP contribution in [0.25, 0.3) is 10.4 Å². The smallest absolute Gasteiger partial charge is 0.337 e. The van der Waals surface area contributed by atoms with Crippen molar-refractivity contribution >= 4 is 17.3 Å². The second kappa shape index (κ2) is 7.30. The van der Waals surface area contributed by atoms with Crippen molar-refractivity contribution in [3.8, 4) is 10.4 Å². The van der Waals surface area contributed by atoms with Crippen molar-refractivity contribution < 1.29 is 9.90 Å². The second-order valence-electron chi connectivity index (χ2n) is 7.72. The summed E-state index contributed by atoms with van der Waals surface area (Å²) in [5.41, 5.74) is 4.16. The van der Waals surface area contributed by atoms with Crippen molar-refractivity contribution in [1.29, 1.82) is 0 Å². The standard InChI is InChI=1S/C21H27NO2S/c1-21(2)11-10-17-16(13-21)18(20(23)24)19(25-17)15-9-5-4-7-14(15)8-6-12-22-3/h4-5,7,9,22H,6,8,10-13H2,1-3H3,(H,23,24). The molecule has 1 aliphatic carbocycles. The molecule has 3 nitrogen and oxygen atoms in total. The highest BCUT2D eigenvalue weighted by Gasteiger charge is 2.33. The molecule has 0 aliphatic heterocycles. The van der Waals surface area contributed by atoms with E-state index >= 15 is 0 Å². The SMILES string of the molecule is CNCCCc1ccccc1-c1sc2c(c1C(=O)O)CC(C)(C)CC2. The maximum atomic E-state index is 12.1. The van der Waals surface area contributed by atoms with Crippen molar-refractivity contribution in [1.82, 2.24) is 5.32 Å². The van der Waals surface area contributed by atoms with Crippen molar-refractivity contribution in [2.75, 3.05) is 13.6 Å². The summed E-state index contributed by atoms with van der Waals surface area (Å²) in [6.07, 6.45) is 5.00. The molecule has 2 aromatic rings. The number of hydrogen-bond acceptors (Lipinski definition) is 3. The third-order valence-corrected chi connectivity index (χ3v) is 6.45. The first-order chi connectivity index (χ1) is 11.9. The molecule has 0 amide bonds. The number of carbonyl (C=O) groups is 1. The van der Waals surface area contributed by atoms with Gasteiger partial charge in [-0.1, -0.05) is 38.1 Å². The van der Waals surface area contributed by atoms with Gasteiger partial charge in [0.15, 0.2) is 0 Å². The molecule has 0 fully saturated rings. The molecule has 0 bridgehead atoms. The van der Waals surface area contributed by atoms with Crippen LogP contribution in [0.2, 0.25) is 0 Å². The minimum atomic E-state index is -0.782. The lowest BCUT2D eigenvalue weighted by Gasteiger charge is -2.29. The number of hydrogen-bond donors (Lipinski definition) is 2. The van der Waals surface area contributed by atoms with Crippen molar-refractivity contribution in [2.45, 2.75) is 46.0 Å². The summed E-state index contributed by atoms with van der Waals surface area (Å²) in [6.45, 7) is 5.45. The number of aromatic carboxylic acids is 1. The van der Waals surface area contributed by atoms with Crippen LogP contribution >= 0.6 is 11.3 Å². The highest BCUT2D eigenvalue weighted by molar-refractivity contribution is 7.16. The number of rotatable bonds is 6. The molecule has 0 spiro atoms. The predicted octanol–water partition coefficient (Wildman–Crippen LogP) is 4.78. The van der Waals surface area contributed by atoms with Crippen molar-refractivity contribution in [3.63, 3.8) is 0 Å². The molecule has 1 aliphatic rings. The largest absolute Gasteiger partial charge is 0.478 e. The molecule has 0 saturated heterocycles. The Morgan fingerprint density at radius 1 is 1.32 bits per heavy atom. The molecule has 0 atom stereocenters. The zero-order valence-electron chi connectivity index (χ0n) is 15.3. The fraction of sp³-hybridized carbons (Fsp3) is 0.476. The van der Waals surface area contributed by atoms with Gasteiger partial charge in [-0.05, 0) is 67.8 Å². The van der Waals surface area contributed by atoms with Gasteiger partial charge < -0.3 is 10.4 Å². The van der Waals surface area contributed by atoms with Crippen LogP contribution in [0, 0.1) is 5.41 Å². The highest BCUT2D eigenvalue weighted by atomic mass is 32.1. The molecule has 1 heterocycles. The zero-order chi connectivity index (χ0) is 18.0. The molecule has 0 saturated carbocycles. The number of thiophene rings is 1. The van der Waals surface area contributed by atoms with Gasteiger partial charge in [0.25, 0.3) is 0 Å². The Hall–Kier alpha value is -1.65. The van der Waals surface area contributed by atoms with Crippen LogP contribution in [-0.2, 0) is 19.3 Å². The van der Waals surface area contributed by atoms with Gasteiger partial charge in [0, 0.05) is 9.75 Å². The molecule has 1 aromatic carbocycles. The number of fused-ring (bicyclic) bond motifs is 1. The predicted molar refractivity (Wildman–Crippen MR) is 105 cm³/mol. The van der Waals surface area contributed by atoms with Gasteiger partial charge in [-0.3, -0.25) is 0 Å². The van der Waals surface area contributed by atoms with Crippen LogP contribution in [0.3, 0.4) is 0 Å². The third kappa shape index (κ3) is 3.80. The second-order valence-corrected chi connectivity index (χ2v) is 8.82. The van der Waals surface area contributed by atoms with Gasteiger partial charge in [0.1, 0.15) is 0 Å². The maximum absolute atomic E-state index is 12.1. The van der Waals surface area contributed by atoms with Gasteiger partial charge in [-0.15, -0.1) is 11.3 Å². The van der Waals surface area contributed by atoms with E-state index in [-0.39, 0.29) is 5.41 Å². The average Bonchev–Trinajstić information content (AvgIpc) is 2.93. The van der Waals surface area contributed by atoms with Crippen LogP contribution in [0.4, 0.5) is 0 Å². The Bertz CT molecular complexity index is 776. The number of benzene rings is 1. The van der Waals surface area contributed by atoms with E-state index in [1.165, 1.54) is 10.4 Å². The van der Waals surface area contributed by atoms with Crippen LogP contribution in [0.1, 0.15) is 53.1 Å². The lowest BCUT2D eigenvalue weighted by molar-refractivity contribution is 0.0696. The molecule has 2 N–H and O–H groups in total. The van der Waals surface area contributed by atoms with Crippen LogP contribution in [-0.4, -0.2) is 24.7 Å². The maximum Gasteiger partial charge on any atom is 0.337 e. The van der Waals surface area contributed by atoms with Crippen molar-refractivity contribution in [2.24, 2.45) is 5.41 Å². The van der Waals surface area contributed by atoms with E-state index in [1.807, 2.05) is 13.1 Å². The summed E-state index contributed by atoms with van der Waals surface area (Å²) < 4.78 is 0. The summed E-state index contributed by atoms with van der Waals surface area (Å²) in [7, 11) is 1.96. The number of nitrogens with one attached hydrogen (secondary N) is 1. The summed E-state index contributed by atoms with van der Waals surface area (Å²) >= 11 is 1.70. The molecule has 134 valence electrons. The van der Waals surface area contributed by atoms with E-state index in [9.17, 15) is 9.90 Å². The zero-order valence-corrected chi connectivity index (χ0v) is 16.1. The topological polar surface area (TPSA) is 49.3 Å². The molecular weight excluding hydrogens is 330 g/mol. The number of aryl methyl sites for hydroxylation is 2. The van der Waals surface area contributed by atoms with Gasteiger partial charge >= 0.3 is 5.97 Å². The van der Waals surface area contributed by atoms with Crippen LogP contribution in [0.5, 0.6) is 0 Å². The van der Waals surface area contributed by atoms with E-state index in [0.717, 1.165) is 54.7 Å². The summed E-state index contributed by atoms with van der Waals surface area (Å²) in [6, 6.07) is 8.29. The van der Waals surface area contributed by atoms with Crippen LogP contribution < -0.4 is 5.32 Å². The summed E-state index contributed by atoms with van der Waals surface area (Å²) in [5, 5.41) is 13.1. The third-order valence-electron chi connectivity index (χ3n) is 5.12. The fourth-order valence-corrected chi connectivity index (χ4v) is 5.12. The molecule has 0 unspecified atom stereocenters. The van der Waals surface area contributed by atoms with Crippen LogP contribution in [0.15, 0.2) is 24.3 Å². The van der Waals surface area contributed by atoms with Gasteiger partial charge in [0.05, 0.1) is 5.56 Å².